The van der Waals surface area contributed by atoms with Crippen molar-refractivity contribution < 1.29 is 28.1 Å². The molecule has 4 rings (SSSR count). The van der Waals surface area contributed by atoms with E-state index in [0.717, 1.165) is 16.9 Å². The van der Waals surface area contributed by atoms with Gasteiger partial charge in [0.1, 0.15) is 21.1 Å². The molecule has 0 spiro atoms. The van der Waals surface area contributed by atoms with E-state index in [1.807, 2.05) is 30.3 Å². The normalized spacial score (nSPS) is 12.6. The SMILES string of the molecule is C=S(=O)(Nc1cc(-c2ccccc2)sc1C(=O)O)c1c(-c2ccc(Cl)cc2)oc(C)c1C(=O)OCC. The summed E-state index contributed by atoms with van der Waals surface area (Å²) in [5.74, 6) is 2.31. The number of esters is 1. The zero-order valence-corrected chi connectivity index (χ0v) is 21.8. The third-order valence-corrected chi connectivity index (χ3v) is 8.24. The molecule has 0 amide bonds. The number of furan rings is 1. The van der Waals surface area contributed by atoms with Gasteiger partial charge < -0.3 is 19.0 Å². The molecule has 0 aliphatic carbocycles. The lowest BCUT2D eigenvalue weighted by molar-refractivity contribution is 0.0520. The van der Waals surface area contributed by atoms with E-state index < -0.39 is 21.6 Å². The van der Waals surface area contributed by atoms with E-state index in [1.54, 1.807) is 44.2 Å². The molecule has 2 heterocycles. The number of aromatic carboxylic acids is 1. The van der Waals surface area contributed by atoms with Crippen LogP contribution in [0.1, 0.15) is 32.7 Å². The predicted octanol–water partition coefficient (Wildman–Crippen LogP) is 6.61. The zero-order chi connectivity index (χ0) is 26.0. The molecule has 1 atom stereocenters. The van der Waals surface area contributed by atoms with Crippen molar-refractivity contribution in [2.45, 2.75) is 18.7 Å². The fraction of sp³-hybridized carbons (Fsp3) is 0.115. The molecule has 0 aliphatic heterocycles. The van der Waals surface area contributed by atoms with Gasteiger partial charge in [0.05, 0.1) is 22.0 Å². The predicted molar refractivity (Wildman–Crippen MR) is 144 cm³/mol. The van der Waals surface area contributed by atoms with E-state index in [0.29, 0.717) is 15.5 Å². The van der Waals surface area contributed by atoms with Gasteiger partial charge in [-0.05, 0) is 55.6 Å². The van der Waals surface area contributed by atoms with Crippen LogP contribution in [-0.4, -0.2) is 33.7 Å². The van der Waals surface area contributed by atoms with Crippen LogP contribution in [-0.2, 0) is 14.4 Å². The second-order valence-corrected chi connectivity index (χ2v) is 11.2. The average molecular weight is 544 g/mol. The second-order valence-electron chi connectivity index (χ2n) is 7.72. The summed E-state index contributed by atoms with van der Waals surface area (Å²) in [5.41, 5.74) is 1.41. The van der Waals surface area contributed by atoms with Crippen LogP contribution < -0.4 is 4.72 Å². The number of carboxylic acids is 1. The molecule has 0 saturated carbocycles. The van der Waals surface area contributed by atoms with E-state index in [1.165, 1.54) is 0 Å². The molecule has 0 bridgehead atoms. The smallest absolute Gasteiger partial charge is 0.348 e. The molecule has 0 saturated heterocycles. The first-order valence-electron chi connectivity index (χ1n) is 10.8. The molecule has 2 N–H and O–H groups in total. The molecule has 36 heavy (non-hydrogen) atoms. The summed E-state index contributed by atoms with van der Waals surface area (Å²) in [6.07, 6.45) is 0. The Labute approximate surface area is 217 Å². The van der Waals surface area contributed by atoms with Crippen LogP contribution >= 0.6 is 22.9 Å². The van der Waals surface area contributed by atoms with Crippen LogP contribution in [0.4, 0.5) is 5.69 Å². The minimum absolute atomic E-state index is 0.00966. The third kappa shape index (κ3) is 5.04. The molecule has 4 aromatic rings. The van der Waals surface area contributed by atoms with Crippen molar-refractivity contribution in [3.63, 3.8) is 0 Å². The lowest BCUT2D eigenvalue weighted by atomic mass is 10.1. The van der Waals surface area contributed by atoms with Gasteiger partial charge in [0, 0.05) is 15.5 Å². The first kappa shape index (κ1) is 25.6. The van der Waals surface area contributed by atoms with Crippen molar-refractivity contribution >= 4 is 56.1 Å². The summed E-state index contributed by atoms with van der Waals surface area (Å²) in [6, 6.07) is 17.4. The number of ether oxygens (including phenoxy) is 1. The molecule has 0 aliphatic rings. The Morgan fingerprint density at radius 2 is 1.81 bits per heavy atom. The zero-order valence-electron chi connectivity index (χ0n) is 19.4. The van der Waals surface area contributed by atoms with Gasteiger partial charge in [-0.1, -0.05) is 41.9 Å². The minimum atomic E-state index is -3.53. The van der Waals surface area contributed by atoms with Gasteiger partial charge >= 0.3 is 11.9 Å². The molecular formula is C26H22ClNO6S2. The van der Waals surface area contributed by atoms with Crippen LogP contribution in [0.15, 0.2) is 70.0 Å². The monoisotopic (exact) mass is 543 g/mol. The van der Waals surface area contributed by atoms with Crippen LogP contribution in [0.2, 0.25) is 5.02 Å². The molecule has 2 aromatic heterocycles. The van der Waals surface area contributed by atoms with Gasteiger partial charge in [-0.3, -0.25) is 0 Å². The number of carbonyl (C=O) groups is 2. The number of nitrogens with one attached hydrogen (secondary N) is 1. The second kappa shape index (κ2) is 10.2. The number of carbonyl (C=O) groups excluding carboxylic acids is 1. The topological polar surface area (TPSA) is 106 Å². The van der Waals surface area contributed by atoms with Gasteiger partial charge in [0.25, 0.3) is 0 Å². The summed E-state index contributed by atoms with van der Waals surface area (Å²) in [4.78, 5) is 25.5. The number of anilines is 1. The van der Waals surface area contributed by atoms with Crippen LogP contribution in [0.3, 0.4) is 0 Å². The van der Waals surface area contributed by atoms with E-state index in [-0.39, 0.29) is 39.2 Å². The molecule has 0 fully saturated rings. The third-order valence-electron chi connectivity index (χ3n) is 5.22. The molecule has 2 aromatic carbocycles. The fourth-order valence-corrected chi connectivity index (χ4v) is 6.45. The quantitative estimate of drug-likeness (QED) is 0.191. The summed E-state index contributed by atoms with van der Waals surface area (Å²) < 4.78 is 28.1. The Kier molecular flexibility index (Phi) is 7.26. The Bertz CT molecular complexity index is 1540. The maximum Gasteiger partial charge on any atom is 0.348 e. The molecular weight excluding hydrogens is 522 g/mol. The number of hydrogen-bond acceptors (Lipinski definition) is 6. The fourth-order valence-electron chi connectivity index (χ4n) is 3.67. The number of carboxylic acid groups (broad SMARTS) is 1. The van der Waals surface area contributed by atoms with E-state index >= 15 is 0 Å². The first-order chi connectivity index (χ1) is 17.1. The van der Waals surface area contributed by atoms with Crippen LogP contribution in [0.25, 0.3) is 21.8 Å². The van der Waals surface area contributed by atoms with Crippen LogP contribution in [0.5, 0.6) is 0 Å². The van der Waals surface area contributed by atoms with Gasteiger partial charge in [0.15, 0.2) is 5.76 Å². The minimum Gasteiger partial charge on any atom is -0.477 e. The highest BCUT2D eigenvalue weighted by atomic mass is 35.5. The van der Waals surface area contributed by atoms with Gasteiger partial charge in [0.2, 0.25) is 0 Å². The van der Waals surface area contributed by atoms with E-state index in [2.05, 4.69) is 10.6 Å². The Morgan fingerprint density at radius 1 is 1.14 bits per heavy atom. The average Bonchev–Trinajstić information content (AvgIpc) is 3.41. The Morgan fingerprint density at radius 3 is 2.42 bits per heavy atom. The molecule has 186 valence electrons. The van der Waals surface area contributed by atoms with Crippen LogP contribution in [0, 0.1) is 6.92 Å². The van der Waals surface area contributed by atoms with Gasteiger partial charge in [-0.25, -0.2) is 13.8 Å². The Hall–Kier alpha value is -3.53. The molecule has 0 radical (unpaired) electrons. The van der Waals surface area contributed by atoms with Crippen molar-refractivity contribution in [1.82, 2.24) is 0 Å². The number of rotatable bonds is 8. The van der Waals surface area contributed by atoms with Crippen molar-refractivity contribution in [3.05, 3.63) is 81.9 Å². The van der Waals surface area contributed by atoms with Crippen molar-refractivity contribution in [2.24, 2.45) is 0 Å². The molecule has 1 unspecified atom stereocenters. The Balaban J connectivity index is 1.87. The lowest BCUT2D eigenvalue weighted by Gasteiger charge is -2.14. The number of aryl methyl sites for hydroxylation is 1. The van der Waals surface area contributed by atoms with Gasteiger partial charge in [-0.2, -0.15) is 0 Å². The molecule has 10 heteroatoms. The van der Waals surface area contributed by atoms with Gasteiger partial charge in [-0.15, -0.1) is 11.3 Å². The first-order valence-corrected chi connectivity index (χ1v) is 13.7. The summed E-state index contributed by atoms with van der Waals surface area (Å²) in [5, 5.41) is 10.3. The standard InChI is InChI=1S/C26H22ClNO6S2/c1-4-33-26(31)21-15(2)34-22(17-10-12-18(27)13-11-17)24(21)36(3,32)28-19-14-20(35-23(19)25(29)30)16-8-6-5-7-9-16/h5-14H,3-4H2,1-2H3,(H,28,32)(H,29,30). The van der Waals surface area contributed by atoms with Crippen molar-refractivity contribution in [2.75, 3.05) is 11.3 Å². The maximum atomic E-state index is 14.2. The number of hydrogen-bond donors (Lipinski definition) is 2. The number of thiophene rings is 1. The molecule has 7 nitrogen and oxygen atoms in total. The van der Waals surface area contributed by atoms with Crippen molar-refractivity contribution in [3.8, 4) is 21.8 Å². The highest BCUT2D eigenvalue weighted by molar-refractivity contribution is 8.01. The summed E-state index contributed by atoms with van der Waals surface area (Å²) in [6.45, 7) is 3.31. The number of halogens is 1. The van der Waals surface area contributed by atoms with Crippen molar-refractivity contribution in [1.29, 1.82) is 0 Å². The van der Waals surface area contributed by atoms with E-state index in [4.69, 9.17) is 20.8 Å². The summed E-state index contributed by atoms with van der Waals surface area (Å²) in [7, 11) is -3.53. The maximum absolute atomic E-state index is 14.2. The largest absolute Gasteiger partial charge is 0.477 e. The highest BCUT2D eigenvalue weighted by Crippen LogP contribution is 2.40. The highest BCUT2D eigenvalue weighted by Gasteiger charge is 2.32. The number of benzene rings is 2. The summed E-state index contributed by atoms with van der Waals surface area (Å²) >= 11 is 7.06. The van der Waals surface area contributed by atoms with E-state index in [9.17, 15) is 18.9 Å². The lowest BCUT2D eigenvalue weighted by Crippen LogP contribution is -2.18.